The van der Waals surface area contributed by atoms with Gasteiger partial charge in [0.15, 0.2) is 11.8 Å². The molecular weight excluding hydrogens is 445 g/mol. The summed E-state index contributed by atoms with van der Waals surface area (Å²) in [4.78, 5) is 7.12. The lowest BCUT2D eigenvalue weighted by Crippen LogP contribution is -2.44. The number of aromatic nitrogens is 3. The van der Waals surface area contributed by atoms with Crippen molar-refractivity contribution in [3.05, 3.63) is 11.6 Å². The third-order valence-corrected chi connectivity index (χ3v) is 4.73. The Bertz CT molecular complexity index is 557. The van der Waals surface area contributed by atoms with E-state index in [1.165, 1.54) is 19.3 Å². The average molecular weight is 477 g/mol. The van der Waals surface area contributed by atoms with Crippen LogP contribution >= 0.6 is 24.0 Å². The smallest absolute Gasteiger partial charge is 0.191 e. The minimum Gasteiger partial charge on any atom is -0.379 e. The van der Waals surface area contributed by atoms with Crippen molar-refractivity contribution in [3.8, 4) is 0 Å². The lowest BCUT2D eigenvalue weighted by Gasteiger charge is -2.26. The molecule has 2 aliphatic rings. The predicted molar refractivity (Wildman–Crippen MR) is 113 cm³/mol. The maximum absolute atomic E-state index is 5.39. The molecule has 0 saturated carbocycles. The van der Waals surface area contributed by atoms with Gasteiger partial charge in [-0.05, 0) is 19.8 Å². The van der Waals surface area contributed by atoms with Gasteiger partial charge in [-0.3, -0.25) is 4.90 Å². The van der Waals surface area contributed by atoms with Gasteiger partial charge in [-0.1, -0.05) is 6.42 Å². The maximum atomic E-state index is 5.39. The Balaban J connectivity index is 0.00000243. The number of nitrogens with zero attached hydrogens (tertiary/aromatic N) is 5. The minimum absolute atomic E-state index is 0. The molecule has 0 spiro atoms. The molecule has 9 heteroatoms. The zero-order valence-electron chi connectivity index (χ0n) is 15.7. The molecule has 8 nitrogen and oxygen atoms in total. The third-order valence-electron chi connectivity index (χ3n) is 4.73. The molecule has 2 aliphatic heterocycles. The summed E-state index contributed by atoms with van der Waals surface area (Å²) in [5, 5.41) is 15.4. The Labute approximate surface area is 173 Å². The first-order valence-electron chi connectivity index (χ1n) is 9.60. The molecule has 3 rings (SSSR count). The third kappa shape index (κ3) is 6.34. The lowest BCUT2D eigenvalue weighted by atomic mass is 10.2. The second-order valence-electron chi connectivity index (χ2n) is 6.57. The van der Waals surface area contributed by atoms with Gasteiger partial charge in [0.2, 0.25) is 0 Å². The summed E-state index contributed by atoms with van der Waals surface area (Å²) >= 11 is 0. The molecule has 0 aliphatic carbocycles. The van der Waals surface area contributed by atoms with Gasteiger partial charge in [0, 0.05) is 45.7 Å². The fraction of sp³-hybridized carbons (Fsp3) is 0.824. The topological polar surface area (TPSA) is 79.6 Å². The molecule has 26 heavy (non-hydrogen) atoms. The van der Waals surface area contributed by atoms with E-state index in [1.807, 2.05) is 0 Å². The molecule has 0 amide bonds. The Morgan fingerprint density at radius 1 is 1.12 bits per heavy atom. The number of nitrogens with one attached hydrogen (secondary N) is 2. The van der Waals surface area contributed by atoms with E-state index < -0.39 is 0 Å². The van der Waals surface area contributed by atoms with Crippen LogP contribution in [0.5, 0.6) is 0 Å². The average Bonchev–Trinajstić information content (AvgIpc) is 2.87. The number of guanidine groups is 1. The summed E-state index contributed by atoms with van der Waals surface area (Å²) in [7, 11) is 0. The SMILES string of the molecule is CCNC(=NCc1nnc2n1CCCCC2)NCCN1CCOCC1.I. The molecule has 0 aromatic carbocycles. The Hall–Kier alpha value is -0.940. The second kappa shape index (κ2) is 11.7. The van der Waals surface area contributed by atoms with Gasteiger partial charge in [-0.2, -0.15) is 0 Å². The van der Waals surface area contributed by atoms with Gasteiger partial charge in [-0.15, -0.1) is 34.2 Å². The number of halogens is 1. The zero-order chi connectivity index (χ0) is 17.3. The number of fused-ring (bicyclic) bond motifs is 1. The summed E-state index contributed by atoms with van der Waals surface area (Å²) in [6.45, 7) is 10.1. The molecular formula is C17H32IN7O. The van der Waals surface area contributed by atoms with Crippen molar-refractivity contribution < 1.29 is 4.74 Å². The number of hydrogen-bond acceptors (Lipinski definition) is 5. The Morgan fingerprint density at radius 3 is 2.77 bits per heavy atom. The van der Waals surface area contributed by atoms with Crippen LogP contribution in [0.25, 0.3) is 0 Å². The maximum Gasteiger partial charge on any atom is 0.191 e. The van der Waals surface area contributed by atoms with E-state index in [0.29, 0.717) is 6.54 Å². The summed E-state index contributed by atoms with van der Waals surface area (Å²) in [6.07, 6.45) is 4.74. The van der Waals surface area contributed by atoms with Gasteiger partial charge in [0.05, 0.1) is 13.2 Å². The van der Waals surface area contributed by atoms with Gasteiger partial charge < -0.3 is 19.9 Å². The van der Waals surface area contributed by atoms with Crippen molar-refractivity contribution in [3.63, 3.8) is 0 Å². The largest absolute Gasteiger partial charge is 0.379 e. The minimum atomic E-state index is 0. The highest BCUT2D eigenvalue weighted by atomic mass is 127. The molecule has 1 fully saturated rings. The fourth-order valence-corrected chi connectivity index (χ4v) is 3.31. The van der Waals surface area contributed by atoms with Crippen molar-refractivity contribution in [2.75, 3.05) is 45.9 Å². The first kappa shape index (κ1) is 21.4. The van der Waals surface area contributed by atoms with E-state index in [-0.39, 0.29) is 24.0 Å². The molecule has 3 heterocycles. The fourth-order valence-electron chi connectivity index (χ4n) is 3.31. The highest BCUT2D eigenvalue weighted by Gasteiger charge is 2.14. The summed E-state index contributed by atoms with van der Waals surface area (Å²) < 4.78 is 7.64. The van der Waals surface area contributed by atoms with Gasteiger partial charge in [0.1, 0.15) is 12.4 Å². The van der Waals surface area contributed by atoms with Crippen molar-refractivity contribution >= 4 is 29.9 Å². The molecule has 0 unspecified atom stereocenters. The zero-order valence-corrected chi connectivity index (χ0v) is 18.1. The van der Waals surface area contributed by atoms with E-state index in [4.69, 9.17) is 9.73 Å². The van der Waals surface area contributed by atoms with Crippen LogP contribution < -0.4 is 10.6 Å². The number of morpholine rings is 1. The van der Waals surface area contributed by atoms with Crippen LogP contribution in [0.4, 0.5) is 0 Å². The number of aliphatic imine (C=N–C) groups is 1. The summed E-state index contributed by atoms with van der Waals surface area (Å²) in [5.74, 6) is 2.94. The number of rotatable bonds is 6. The Kier molecular flexibility index (Phi) is 9.62. The highest BCUT2D eigenvalue weighted by Crippen LogP contribution is 2.14. The van der Waals surface area contributed by atoms with Gasteiger partial charge >= 0.3 is 0 Å². The quantitative estimate of drug-likeness (QED) is 0.362. The molecule has 0 atom stereocenters. The van der Waals surface area contributed by atoms with E-state index in [2.05, 4.69) is 37.2 Å². The van der Waals surface area contributed by atoms with Gasteiger partial charge in [0.25, 0.3) is 0 Å². The van der Waals surface area contributed by atoms with Crippen LogP contribution in [0.15, 0.2) is 4.99 Å². The first-order valence-corrected chi connectivity index (χ1v) is 9.60. The molecule has 148 valence electrons. The van der Waals surface area contributed by atoms with Crippen molar-refractivity contribution in [2.45, 2.75) is 45.7 Å². The molecule has 1 aromatic rings. The Morgan fingerprint density at radius 2 is 1.96 bits per heavy atom. The van der Waals surface area contributed by atoms with Crippen LogP contribution in [-0.2, 0) is 24.2 Å². The van der Waals surface area contributed by atoms with E-state index in [9.17, 15) is 0 Å². The predicted octanol–water partition coefficient (Wildman–Crippen LogP) is 1.01. The molecule has 0 radical (unpaired) electrons. The lowest BCUT2D eigenvalue weighted by molar-refractivity contribution is 0.0389. The highest BCUT2D eigenvalue weighted by molar-refractivity contribution is 14.0. The van der Waals surface area contributed by atoms with Crippen LogP contribution in [0, 0.1) is 0 Å². The molecule has 1 aromatic heterocycles. The van der Waals surface area contributed by atoms with E-state index >= 15 is 0 Å². The van der Waals surface area contributed by atoms with Crippen LogP contribution in [0.3, 0.4) is 0 Å². The normalized spacial score (nSPS) is 18.6. The number of aryl methyl sites for hydroxylation is 1. The monoisotopic (exact) mass is 477 g/mol. The molecule has 1 saturated heterocycles. The van der Waals surface area contributed by atoms with Crippen LogP contribution in [0.1, 0.15) is 37.8 Å². The van der Waals surface area contributed by atoms with Crippen molar-refractivity contribution in [2.24, 2.45) is 4.99 Å². The summed E-state index contributed by atoms with van der Waals surface area (Å²) in [6, 6.07) is 0. The molecule has 2 N–H and O–H groups in total. The summed E-state index contributed by atoms with van der Waals surface area (Å²) in [5.41, 5.74) is 0. The van der Waals surface area contributed by atoms with Crippen LogP contribution in [-0.4, -0.2) is 71.6 Å². The molecule has 0 bridgehead atoms. The van der Waals surface area contributed by atoms with Crippen LogP contribution in [0.2, 0.25) is 0 Å². The van der Waals surface area contributed by atoms with Crippen molar-refractivity contribution in [1.29, 1.82) is 0 Å². The number of ether oxygens (including phenoxy) is 1. The standard InChI is InChI=1S/C17H31N7O.HI/c1-2-18-17(19-7-9-23-10-12-25-13-11-23)20-14-16-22-21-15-6-4-3-5-8-24(15)16;/h2-14H2,1H3,(H2,18,19,20);1H. The van der Waals surface area contributed by atoms with Gasteiger partial charge in [-0.25, -0.2) is 4.99 Å². The van der Waals surface area contributed by atoms with E-state index in [0.717, 1.165) is 76.5 Å². The second-order valence-corrected chi connectivity index (χ2v) is 6.57. The van der Waals surface area contributed by atoms with Crippen molar-refractivity contribution in [1.82, 2.24) is 30.3 Å². The van der Waals surface area contributed by atoms with E-state index in [1.54, 1.807) is 0 Å². The number of hydrogen-bond donors (Lipinski definition) is 2. The first-order chi connectivity index (χ1) is 12.4.